The standard InChI is InChI=1S/C15H26S/c1-2-3-4-5-6-7-11-14-16-15-12-9-8-10-13-15/h9-10,12-13,15H,2-8,11,14H2,1H3. The van der Waals surface area contributed by atoms with Crippen molar-refractivity contribution in [2.24, 2.45) is 0 Å². The fourth-order valence-corrected chi connectivity index (χ4v) is 3.05. The smallest absolute Gasteiger partial charge is 0.0407 e. The summed E-state index contributed by atoms with van der Waals surface area (Å²) < 4.78 is 0. The van der Waals surface area contributed by atoms with Crippen LogP contribution in [0.1, 0.15) is 58.3 Å². The van der Waals surface area contributed by atoms with Gasteiger partial charge >= 0.3 is 0 Å². The lowest BCUT2D eigenvalue weighted by molar-refractivity contribution is 0.603. The van der Waals surface area contributed by atoms with Gasteiger partial charge < -0.3 is 0 Å². The molecule has 1 aliphatic rings. The Morgan fingerprint density at radius 2 is 1.56 bits per heavy atom. The fraction of sp³-hybridized carbons (Fsp3) is 0.733. The molecule has 0 aliphatic heterocycles. The number of thioether (sulfide) groups is 1. The summed E-state index contributed by atoms with van der Waals surface area (Å²) in [6, 6.07) is 0. The number of hydrogen-bond acceptors (Lipinski definition) is 1. The molecule has 0 fully saturated rings. The largest absolute Gasteiger partial charge is 0.150 e. The van der Waals surface area contributed by atoms with Crippen molar-refractivity contribution < 1.29 is 0 Å². The van der Waals surface area contributed by atoms with E-state index >= 15 is 0 Å². The number of unbranched alkanes of at least 4 members (excludes halogenated alkanes) is 6. The zero-order chi connectivity index (χ0) is 11.5. The van der Waals surface area contributed by atoms with Crippen LogP contribution in [0.25, 0.3) is 0 Å². The molecule has 0 aromatic rings. The minimum Gasteiger partial charge on any atom is -0.150 e. The first-order valence-corrected chi connectivity index (χ1v) is 7.93. The highest BCUT2D eigenvalue weighted by atomic mass is 32.2. The Morgan fingerprint density at radius 1 is 0.938 bits per heavy atom. The van der Waals surface area contributed by atoms with Gasteiger partial charge in [-0.2, -0.15) is 11.8 Å². The summed E-state index contributed by atoms with van der Waals surface area (Å²) in [6.07, 6.45) is 20.3. The first-order valence-electron chi connectivity index (χ1n) is 6.88. The van der Waals surface area contributed by atoms with E-state index in [0.29, 0.717) is 5.25 Å². The second-order valence-electron chi connectivity index (χ2n) is 4.55. The minimum absolute atomic E-state index is 0.661. The Balaban J connectivity index is 1.82. The summed E-state index contributed by atoms with van der Waals surface area (Å²) in [4.78, 5) is 0. The number of rotatable bonds is 9. The Labute approximate surface area is 106 Å². The quantitative estimate of drug-likeness (QED) is 0.385. The monoisotopic (exact) mass is 238 g/mol. The number of hydrogen-bond donors (Lipinski definition) is 0. The van der Waals surface area contributed by atoms with Crippen LogP contribution in [0.2, 0.25) is 0 Å². The van der Waals surface area contributed by atoms with Gasteiger partial charge in [0.2, 0.25) is 0 Å². The van der Waals surface area contributed by atoms with Gasteiger partial charge in [0.05, 0.1) is 0 Å². The maximum absolute atomic E-state index is 2.34. The highest BCUT2D eigenvalue weighted by molar-refractivity contribution is 8.00. The SMILES string of the molecule is CCCCCCCCCSC1C=CCC=C1. The molecule has 16 heavy (non-hydrogen) atoms. The predicted molar refractivity (Wildman–Crippen MR) is 77.1 cm³/mol. The van der Waals surface area contributed by atoms with Crippen LogP contribution in [0.3, 0.4) is 0 Å². The molecule has 0 unspecified atom stereocenters. The second-order valence-corrected chi connectivity index (χ2v) is 5.83. The fourth-order valence-electron chi connectivity index (χ4n) is 1.96. The van der Waals surface area contributed by atoms with Crippen LogP contribution in [0, 0.1) is 0 Å². The zero-order valence-corrected chi connectivity index (χ0v) is 11.5. The third-order valence-electron chi connectivity index (χ3n) is 2.98. The van der Waals surface area contributed by atoms with E-state index in [1.807, 2.05) is 0 Å². The van der Waals surface area contributed by atoms with Crippen molar-refractivity contribution in [2.75, 3.05) is 5.75 Å². The third kappa shape index (κ3) is 7.16. The van der Waals surface area contributed by atoms with E-state index < -0.39 is 0 Å². The molecule has 0 spiro atoms. The molecule has 0 aromatic carbocycles. The summed E-state index contributed by atoms with van der Waals surface area (Å²) in [5.41, 5.74) is 0. The van der Waals surface area contributed by atoms with Crippen molar-refractivity contribution in [2.45, 2.75) is 63.5 Å². The van der Waals surface area contributed by atoms with Gasteiger partial charge in [-0.1, -0.05) is 69.8 Å². The Hall–Kier alpha value is -0.170. The van der Waals surface area contributed by atoms with Gasteiger partial charge in [-0.05, 0) is 18.6 Å². The average molecular weight is 238 g/mol. The lowest BCUT2D eigenvalue weighted by Gasteiger charge is -2.10. The van der Waals surface area contributed by atoms with Crippen molar-refractivity contribution >= 4 is 11.8 Å². The van der Waals surface area contributed by atoms with E-state index in [4.69, 9.17) is 0 Å². The molecule has 1 rings (SSSR count). The summed E-state index contributed by atoms with van der Waals surface area (Å²) in [5.74, 6) is 1.33. The second kappa shape index (κ2) is 10.0. The molecule has 0 heterocycles. The molecule has 0 radical (unpaired) electrons. The highest BCUT2D eigenvalue weighted by Gasteiger charge is 2.02. The summed E-state index contributed by atoms with van der Waals surface area (Å²) >= 11 is 2.09. The molecule has 0 nitrogen and oxygen atoms in total. The van der Waals surface area contributed by atoms with Crippen molar-refractivity contribution in [1.82, 2.24) is 0 Å². The van der Waals surface area contributed by atoms with Gasteiger partial charge in [-0.3, -0.25) is 0 Å². The molecular formula is C15H26S. The van der Waals surface area contributed by atoms with E-state index in [1.54, 1.807) is 0 Å². The molecule has 0 bridgehead atoms. The normalized spacial score (nSPS) is 15.8. The molecule has 92 valence electrons. The topological polar surface area (TPSA) is 0 Å². The molecule has 0 saturated carbocycles. The van der Waals surface area contributed by atoms with E-state index in [9.17, 15) is 0 Å². The Bertz CT molecular complexity index is 193. The van der Waals surface area contributed by atoms with E-state index in [1.165, 1.54) is 50.7 Å². The van der Waals surface area contributed by atoms with Crippen LogP contribution in [-0.2, 0) is 0 Å². The molecule has 0 N–H and O–H groups in total. The highest BCUT2D eigenvalue weighted by Crippen LogP contribution is 2.19. The van der Waals surface area contributed by atoms with Crippen molar-refractivity contribution in [3.63, 3.8) is 0 Å². The van der Waals surface area contributed by atoms with Gasteiger partial charge in [0.25, 0.3) is 0 Å². The maximum Gasteiger partial charge on any atom is 0.0407 e. The molecule has 0 amide bonds. The van der Waals surface area contributed by atoms with Gasteiger partial charge in [-0.15, -0.1) is 0 Å². The predicted octanol–water partition coefficient (Wildman–Crippen LogP) is 5.35. The van der Waals surface area contributed by atoms with Crippen molar-refractivity contribution in [1.29, 1.82) is 0 Å². The molecule has 0 saturated heterocycles. The molecule has 0 atom stereocenters. The van der Waals surface area contributed by atoms with Crippen molar-refractivity contribution in [3.05, 3.63) is 24.3 Å². The minimum atomic E-state index is 0.661. The van der Waals surface area contributed by atoms with Crippen LogP contribution in [0.5, 0.6) is 0 Å². The first-order chi connectivity index (χ1) is 7.93. The number of allylic oxidation sites excluding steroid dienone is 2. The van der Waals surface area contributed by atoms with Crippen LogP contribution >= 0.6 is 11.8 Å². The molecule has 1 aliphatic carbocycles. The van der Waals surface area contributed by atoms with Crippen LogP contribution in [-0.4, -0.2) is 11.0 Å². The van der Waals surface area contributed by atoms with Crippen LogP contribution < -0.4 is 0 Å². The summed E-state index contributed by atoms with van der Waals surface area (Å²) in [6.45, 7) is 2.28. The van der Waals surface area contributed by atoms with Crippen LogP contribution in [0.15, 0.2) is 24.3 Å². The van der Waals surface area contributed by atoms with Gasteiger partial charge in [0, 0.05) is 5.25 Å². The first kappa shape index (κ1) is 13.9. The van der Waals surface area contributed by atoms with Crippen molar-refractivity contribution in [3.8, 4) is 0 Å². The Morgan fingerprint density at radius 3 is 2.25 bits per heavy atom. The Kier molecular flexibility index (Phi) is 8.70. The summed E-state index contributed by atoms with van der Waals surface area (Å²) in [5, 5.41) is 0.661. The van der Waals surface area contributed by atoms with E-state index in [-0.39, 0.29) is 0 Å². The molecule has 0 aromatic heterocycles. The van der Waals surface area contributed by atoms with Gasteiger partial charge in [0.1, 0.15) is 0 Å². The maximum atomic E-state index is 2.34. The van der Waals surface area contributed by atoms with E-state index in [2.05, 4.69) is 43.0 Å². The van der Waals surface area contributed by atoms with E-state index in [0.717, 1.165) is 6.42 Å². The molecular weight excluding hydrogens is 212 g/mol. The summed E-state index contributed by atoms with van der Waals surface area (Å²) in [7, 11) is 0. The van der Waals surface area contributed by atoms with Gasteiger partial charge in [0.15, 0.2) is 0 Å². The lowest BCUT2D eigenvalue weighted by atomic mass is 10.1. The third-order valence-corrected chi connectivity index (χ3v) is 4.21. The van der Waals surface area contributed by atoms with Gasteiger partial charge in [-0.25, -0.2) is 0 Å². The molecule has 1 heteroatoms. The average Bonchev–Trinajstić information content (AvgIpc) is 2.34. The zero-order valence-electron chi connectivity index (χ0n) is 10.7. The van der Waals surface area contributed by atoms with Crippen LogP contribution in [0.4, 0.5) is 0 Å². The lowest BCUT2D eigenvalue weighted by Crippen LogP contribution is -1.97.